The van der Waals surface area contributed by atoms with Gasteiger partial charge >= 0.3 is 5.97 Å². The number of carboxylic acids is 1. The largest absolute Gasteiger partial charge is 0.481 e. The van der Waals surface area contributed by atoms with Gasteiger partial charge in [0.1, 0.15) is 5.69 Å². The van der Waals surface area contributed by atoms with Crippen LogP contribution in [-0.4, -0.2) is 53.0 Å². The lowest BCUT2D eigenvalue weighted by Crippen LogP contribution is -2.42. The van der Waals surface area contributed by atoms with E-state index >= 15 is 0 Å². The van der Waals surface area contributed by atoms with Gasteiger partial charge in [-0.3, -0.25) is 19.7 Å². The molecular formula is C19H25N3O5. The van der Waals surface area contributed by atoms with E-state index in [1.165, 1.54) is 11.0 Å². The Morgan fingerprint density at radius 2 is 1.89 bits per heavy atom. The number of aliphatic carboxylic acids is 1. The summed E-state index contributed by atoms with van der Waals surface area (Å²) in [6.45, 7) is 4.33. The minimum absolute atomic E-state index is 0.0674. The molecule has 1 aromatic rings. The van der Waals surface area contributed by atoms with Gasteiger partial charge in [-0.1, -0.05) is 6.92 Å². The maximum Gasteiger partial charge on any atom is 0.308 e. The summed E-state index contributed by atoms with van der Waals surface area (Å²) in [6, 6.07) is 4.60. The number of carbonyl (C=O) groups is 2. The molecule has 8 nitrogen and oxygen atoms in total. The fourth-order valence-corrected chi connectivity index (χ4v) is 3.87. The number of nitro benzene ring substituents is 1. The van der Waals surface area contributed by atoms with Gasteiger partial charge in [0, 0.05) is 37.8 Å². The van der Waals surface area contributed by atoms with E-state index in [1.54, 1.807) is 12.1 Å². The number of likely N-dealkylation sites (tertiary alicyclic amines) is 1. The second-order valence-electron chi connectivity index (χ2n) is 7.56. The molecule has 8 heteroatoms. The van der Waals surface area contributed by atoms with Crippen molar-refractivity contribution in [3.8, 4) is 0 Å². The van der Waals surface area contributed by atoms with Crippen LogP contribution in [0.2, 0.25) is 0 Å². The fraction of sp³-hybridized carbons (Fsp3) is 0.579. The van der Waals surface area contributed by atoms with Crippen LogP contribution in [0.25, 0.3) is 0 Å². The molecule has 0 saturated carbocycles. The zero-order valence-electron chi connectivity index (χ0n) is 15.5. The molecule has 1 N–H and O–H groups in total. The van der Waals surface area contributed by atoms with Gasteiger partial charge in [-0.05, 0) is 43.7 Å². The van der Waals surface area contributed by atoms with Crippen LogP contribution in [0.15, 0.2) is 18.2 Å². The minimum atomic E-state index is -0.909. The molecule has 1 aromatic carbocycles. The van der Waals surface area contributed by atoms with E-state index in [1.807, 2.05) is 4.90 Å². The number of piperidine rings is 2. The predicted octanol–water partition coefficient (Wildman–Crippen LogP) is 2.77. The predicted molar refractivity (Wildman–Crippen MR) is 100.0 cm³/mol. The molecular weight excluding hydrogens is 350 g/mol. The molecule has 2 fully saturated rings. The van der Waals surface area contributed by atoms with Gasteiger partial charge in [-0.2, -0.15) is 0 Å². The Kier molecular flexibility index (Phi) is 5.62. The van der Waals surface area contributed by atoms with Gasteiger partial charge in [-0.25, -0.2) is 0 Å². The summed E-state index contributed by atoms with van der Waals surface area (Å²) in [7, 11) is 0. The highest BCUT2D eigenvalue weighted by atomic mass is 16.6. The van der Waals surface area contributed by atoms with Crippen molar-refractivity contribution in [3.63, 3.8) is 0 Å². The number of rotatable bonds is 4. The number of amides is 1. The van der Waals surface area contributed by atoms with Crippen LogP contribution in [0.1, 0.15) is 43.0 Å². The number of nitro groups is 1. The van der Waals surface area contributed by atoms with Crippen molar-refractivity contribution in [3.05, 3.63) is 33.9 Å². The maximum absolute atomic E-state index is 12.8. The van der Waals surface area contributed by atoms with E-state index in [2.05, 4.69) is 6.92 Å². The summed E-state index contributed by atoms with van der Waals surface area (Å²) < 4.78 is 0. The van der Waals surface area contributed by atoms with Gasteiger partial charge in [0.25, 0.3) is 11.6 Å². The molecule has 0 aromatic heterocycles. The van der Waals surface area contributed by atoms with Crippen LogP contribution in [0.5, 0.6) is 0 Å². The topological polar surface area (TPSA) is 104 Å². The van der Waals surface area contributed by atoms with Crippen molar-refractivity contribution in [2.75, 3.05) is 31.1 Å². The van der Waals surface area contributed by atoms with Crippen LogP contribution in [0, 0.1) is 22.0 Å². The highest BCUT2D eigenvalue weighted by Crippen LogP contribution is 2.33. The van der Waals surface area contributed by atoms with Crippen molar-refractivity contribution in [2.24, 2.45) is 11.8 Å². The molecule has 3 rings (SSSR count). The molecule has 2 heterocycles. The fourth-order valence-electron chi connectivity index (χ4n) is 3.87. The zero-order chi connectivity index (χ0) is 19.6. The normalized spacial score (nSPS) is 21.1. The van der Waals surface area contributed by atoms with E-state index in [0.717, 1.165) is 25.9 Å². The lowest BCUT2D eigenvalue weighted by Gasteiger charge is -2.32. The first-order valence-corrected chi connectivity index (χ1v) is 9.42. The number of hydrogen-bond donors (Lipinski definition) is 1. The van der Waals surface area contributed by atoms with Crippen LogP contribution >= 0.6 is 0 Å². The number of benzene rings is 1. The zero-order valence-corrected chi connectivity index (χ0v) is 15.5. The number of nitrogens with zero attached hydrogens (tertiary/aromatic N) is 3. The average molecular weight is 375 g/mol. The highest BCUT2D eigenvalue weighted by molar-refractivity contribution is 5.96. The van der Waals surface area contributed by atoms with Crippen molar-refractivity contribution in [1.82, 2.24) is 4.90 Å². The Balaban J connectivity index is 1.82. The van der Waals surface area contributed by atoms with Gasteiger partial charge in [0.15, 0.2) is 0 Å². The molecule has 2 aliphatic heterocycles. The molecule has 1 atom stereocenters. The second-order valence-corrected chi connectivity index (χ2v) is 7.56. The van der Waals surface area contributed by atoms with E-state index in [-0.39, 0.29) is 23.7 Å². The number of hydrogen-bond acceptors (Lipinski definition) is 5. The molecule has 27 heavy (non-hydrogen) atoms. The molecule has 1 unspecified atom stereocenters. The van der Waals surface area contributed by atoms with E-state index in [9.17, 15) is 24.8 Å². The second kappa shape index (κ2) is 7.94. The minimum Gasteiger partial charge on any atom is -0.481 e. The summed E-state index contributed by atoms with van der Waals surface area (Å²) in [5, 5.41) is 20.8. The molecule has 2 aliphatic rings. The monoisotopic (exact) mass is 375 g/mol. The Hall–Kier alpha value is -2.64. The summed E-state index contributed by atoms with van der Waals surface area (Å²) in [6.07, 6.45) is 3.14. The molecule has 2 saturated heterocycles. The molecule has 0 bridgehead atoms. The third-order valence-electron chi connectivity index (χ3n) is 5.60. The third-order valence-corrected chi connectivity index (χ3v) is 5.60. The standard InChI is InChI=1S/C19H25N3O5/c1-13-6-9-20(10-7-13)16-5-4-14(11-17(16)22(26)27)18(23)21-8-2-3-15(12-21)19(24)25/h4-5,11,13,15H,2-3,6-10,12H2,1H3,(H,24,25). The van der Waals surface area contributed by atoms with E-state index in [4.69, 9.17) is 0 Å². The SMILES string of the molecule is CC1CCN(c2ccc(C(=O)N3CCCC(C(=O)O)C3)cc2[N+](=O)[O-])CC1. The smallest absolute Gasteiger partial charge is 0.308 e. The Labute approximate surface area is 157 Å². The molecule has 1 amide bonds. The van der Waals surface area contributed by atoms with Crippen LogP contribution < -0.4 is 4.90 Å². The first kappa shape index (κ1) is 19.1. The molecule has 0 spiro atoms. The molecule has 0 radical (unpaired) electrons. The summed E-state index contributed by atoms with van der Waals surface area (Å²) in [4.78, 5) is 38.6. The van der Waals surface area contributed by atoms with Gasteiger partial charge in [-0.15, -0.1) is 0 Å². The first-order valence-electron chi connectivity index (χ1n) is 9.42. The average Bonchev–Trinajstić information content (AvgIpc) is 2.67. The van der Waals surface area contributed by atoms with Gasteiger partial charge in [0.05, 0.1) is 10.8 Å². The number of carbonyl (C=O) groups excluding carboxylic acids is 1. The lowest BCUT2D eigenvalue weighted by atomic mass is 9.97. The lowest BCUT2D eigenvalue weighted by molar-refractivity contribution is -0.384. The van der Waals surface area contributed by atoms with E-state index < -0.39 is 16.8 Å². The van der Waals surface area contributed by atoms with Crippen LogP contribution in [0.3, 0.4) is 0 Å². The van der Waals surface area contributed by atoms with Crippen molar-refractivity contribution >= 4 is 23.3 Å². The Bertz CT molecular complexity index is 743. The first-order chi connectivity index (χ1) is 12.9. The van der Waals surface area contributed by atoms with Crippen molar-refractivity contribution in [1.29, 1.82) is 0 Å². The summed E-state index contributed by atoms with van der Waals surface area (Å²) in [5.41, 5.74) is 0.717. The summed E-state index contributed by atoms with van der Waals surface area (Å²) in [5.74, 6) is -1.22. The van der Waals surface area contributed by atoms with Crippen molar-refractivity contribution < 1.29 is 19.6 Å². The Morgan fingerprint density at radius 1 is 1.19 bits per heavy atom. The summed E-state index contributed by atoms with van der Waals surface area (Å²) >= 11 is 0. The molecule has 146 valence electrons. The Morgan fingerprint density at radius 3 is 2.52 bits per heavy atom. The van der Waals surface area contributed by atoms with E-state index in [0.29, 0.717) is 31.0 Å². The van der Waals surface area contributed by atoms with Crippen molar-refractivity contribution in [2.45, 2.75) is 32.6 Å². The molecule has 0 aliphatic carbocycles. The highest BCUT2D eigenvalue weighted by Gasteiger charge is 2.30. The van der Waals surface area contributed by atoms with Crippen LogP contribution in [-0.2, 0) is 4.79 Å². The quantitative estimate of drug-likeness (QED) is 0.641. The number of carboxylic acid groups (broad SMARTS) is 1. The van der Waals surface area contributed by atoms with Gasteiger partial charge in [0.2, 0.25) is 0 Å². The maximum atomic E-state index is 12.8. The van der Waals surface area contributed by atoms with Crippen LogP contribution in [0.4, 0.5) is 11.4 Å². The van der Waals surface area contributed by atoms with Gasteiger partial charge < -0.3 is 14.9 Å². The number of anilines is 1. The third kappa shape index (κ3) is 4.20.